The van der Waals surface area contributed by atoms with Crippen molar-refractivity contribution in [2.75, 3.05) is 11.5 Å². The third kappa shape index (κ3) is 2.77. The Kier molecular flexibility index (Phi) is 3.33. The Bertz CT molecular complexity index is 500. The smallest absolute Gasteiger partial charge is 0.182 e. The van der Waals surface area contributed by atoms with Crippen molar-refractivity contribution < 1.29 is 0 Å². The van der Waals surface area contributed by atoms with Crippen LogP contribution < -0.4 is 11.5 Å². The van der Waals surface area contributed by atoms with E-state index in [-0.39, 0.29) is 0 Å². The second-order valence-corrected chi connectivity index (χ2v) is 5.62. The predicted molar refractivity (Wildman–Crippen MR) is 74.9 cm³/mol. The average molecular weight is 247 g/mol. The maximum atomic E-state index is 5.87. The fourth-order valence-corrected chi connectivity index (χ4v) is 2.45. The van der Waals surface area contributed by atoms with Gasteiger partial charge in [0.15, 0.2) is 5.13 Å². The van der Waals surface area contributed by atoms with Gasteiger partial charge in [-0.05, 0) is 17.9 Å². The summed E-state index contributed by atoms with van der Waals surface area (Å²) >= 11 is 1.32. The summed E-state index contributed by atoms with van der Waals surface area (Å²) in [4.78, 5) is 4.24. The molecule has 0 saturated carbocycles. The fourth-order valence-electron chi connectivity index (χ4n) is 1.83. The van der Waals surface area contributed by atoms with Gasteiger partial charge in [0.2, 0.25) is 0 Å². The Hall–Kier alpha value is -1.55. The normalized spacial score (nSPS) is 11.0. The molecule has 17 heavy (non-hydrogen) atoms. The van der Waals surface area contributed by atoms with Crippen molar-refractivity contribution in [3.8, 4) is 11.3 Å². The van der Waals surface area contributed by atoms with Crippen LogP contribution in [0.3, 0.4) is 0 Å². The van der Waals surface area contributed by atoms with Crippen LogP contribution in [0.1, 0.15) is 19.4 Å². The van der Waals surface area contributed by atoms with Gasteiger partial charge < -0.3 is 11.5 Å². The molecule has 0 amide bonds. The number of anilines is 2. The number of thiazole rings is 1. The Labute approximate surface area is 105 Å². The molecule has 4 N–H and O–H groups in total. The van der Waals surface area contributed by atoms with Crippen LogP contribution in [0.25, 0.3) is 11.3 Å². The summed E-state index contributed by atoms with van der Waals surface area (Å²) in [6.45, 7) is 4.43. The molecule has 0 aliphatic heterocycles. The van der Waals surface area contributed by atoms with E-state index in [2.05, 4.69) is 43.1 Å². The number of nitrogens with zero attached hydrogens (tertiary/aromatic N) is 1. The summed E-state index contributed by atoms with van der Waals surface area (Å²) in [7, 11) is 0. The van der Waals surface area contributed by atoms with Gasteiger partial charge in [0.05, 0.1) is 0 Å². The first kappa shape index (κ1) is 11.9. The lowest BCUT2D eigenvalue weighted by Crippen LogP contribution is -1.94. The van der Waals surface area contributed by atoms with Gasteiger partial charge in [0, 0.05) is 5.56 Å². The van der Waals surface area contributed by atoms with Crippen molar-refractivity contribution in [3.63, 3.8) is 0 Å². The first-order chi connectivity index (χ1) is 8.06. The average Bonchev–Trinajstić information content (AvgIpc) is 2.58. The van der Waals surface area contributed by atoms with Gasteiger partial charge in [-0.1, -0.05) is 49.4 Å². The van der Waals surface area contributed by atoms with Crippen LogP contribution in [-0.2, 0) is 6.42 Å². The van der Waals surface area contributed by atoms with E-state index in [1.54, 1.807) is 0 Å². The number of benzene rings is 1. The Balaban J connectivity index is 2.26. The molecule has 3 nitrogen and oxygen atoms in total. The second kappa shape index (κ2) is 4.75. The zero-order valence-corrected chi connectivity index (χ0v) is 10.9. The molecule has 0 atom stereocenters. The fraction of sp³-hybridized carbons (Fsp3) is 0.308. The minimum atomic E-state index is 0.517. The monoisotopic (exact) mass is 247 g/mol. The van der Waals surface area contributed by atoms with Crippen molar-refractivity contribution >= 4 is 21.5 Å². The molecule has 2 aromatic rings. The summed E-state index contributed by atoms with van der Waals surface area (Å²) in [5.41, 5.74) is 14.7. The molecule has 0 aliphatic carbocycles. The minimum Gasteiger partial charge on any atom is -0.389 e. The van der Waals surface area contributed by atoms with Crippen LogP contribution in [0, 0.1) is 5.92 Å². The lowest BCUT2D eigenvalue weighted by atomic mass is 10.0. The minimum absolute atomic E-state index is 0.517. The zero-order valence-electron chi connectivity index (χ0n) is 10.1. The molecule has 90 valence electrons. The summed E-state index contributed by atoms with van der Waals surface area (Å²) in [6.07, 6.45) is 1.09. The number of nitrogens with two attached hydrogens (primary N) is 2. The van der Waals surface area contributed by atoms with E-state index in [0.717, 1.165) is 17.7 Å². The van der Waals surface area contributed by atoms with Crippen molar-refractivity contribution in [2.24, 2.45) is 5.92 Å². The van der Waals surface area contributed by atoms with E-state index in [4.69, 9.17) is 11.5 Å². The molecular formula is C13H17N3S. The molecular weight excluding hydrogens is 230 g/mol. The van der Waals surface area contributed by atoms with Gasteiger partial charge in [0.25, 0.3) is 0 Å². The van der Waals surface area contributed by atoms with Crippen LogP contribution in [0.4, 0.5) is 10.1 Å². The third-order valence-electron chi connectivity index (χ3n) is 2.54. The zero-order chi connectivity index (χ0) is 12.4. The van der Waals surface area contributed by atoms with Crippen molar-refractivity contribution in [2.45, 2.75) is 20.3 Å². The molecule has 0 fully saturated rings. The number of hydrogen-bond donors (Lipinski definition) is 2. The first-order valence-electron chi connectivity index (χ1n) is 5.67. The van der Waals surface area contributed by atoms with Gasteiger partial charge in [-0.3, -0.25) is 0 Å². The number of hydrogen-bond acceptors (Lipinski definition) is 4. The molecule has 0 aliphatic rings. The summed E-state index contributed by atoms with van der Waals surface area (Å²) < 4.78 is 0. The molecule has 1 aromatic carbocycles. The van der Waals surface area contributed by atoms with E-state index >= 15 is 0 Å². The standard InChI is InChI=1S/C13H17N3S/c1-8(2)7-9-3-5-10(6-4-9)11-12(14)17-13(15)16-11/h3-6,8H,7,14H2,1-2H3,(H2,15,16). The van der Waals surface area contributed by atoms with Gasteiger partial charge in [0.1, 0.15) is 10.7 Å². The van der Waals surface area contributed by atoms with E-state index in [1.807, 2.05) is 0 Å². The van der Waals surface area contributed by atoms with E-state index in [9.17, 15) is 0 Å². The number of aromatic nitrogens is 1. The third-order valence-corrected chi connectivity index (χ3v) is 3.25. The second-order valence-electron chi connectivity index (χ2n) is 4.56. The predicted octanol–water partition coefficient (Wildman–Crippen LogP) is 3.17. The van der Waals surface area contributed by atoms with E-state index < -0.39 is 0 Å². The van der Waals surface area contributed by atoms with Crippen LogP contribution >= 0.6 is 11.3 Å². The Morgan fingerprint density at radius 2 is 1.82 bits per heavy atom. The topological polar surface area (TPSA) is 64.9 Å². The van der Waals surface area contributed by atoms with E-state index in [1.165, 1.54) is 16.9 Å². The lowest BCUT2D eigenvalue weighted by Gasteiger charge is -2.05. The summed E-state index contributed by atoms with van der Waals surface area (Å²) in [6, 6.07) is 8.37. The molecule has 2 rings (SSSR count). The lowest BCUT2D eigenvalue weighted by molar-refractivity contribution is 0.647. The van der Waals surface area contributed by atoms with Crippen LogP contribution in [-0.4, -0.2) is 4.98 Å². The Morgan fingerprint density at radius 1 is 1.18 bits per heavy atom. The van der Waals surface area contributed by atoms with Gasteiger partial charge in [-0.25, -0.2) is 4.98 Å². The number of nitrogen functional groups attached to an aromatic ring is 2. The highest BCUT2D eigenvalue weighted by Crippen LogP contribution is 2.31. The van der Waals surface area contributed by atoms with E-state index in [0.29, 0.717) is 16.1 Å². The highest BCUT2D eigenvalue weighted by Gasteiger charge is 2.08. The van der Waals surface area contributed by atoms with Crippen LogP contribution in [0.15, 0.2) is 24.3 Å². The quantitative estimate of drug-likeness (QED) is 0.875. The number of rotatable bonds is 3. The van der Waals surface area contributed by atoms with Crippen LogP contribution in [0.2, 0.25) is 0 Å². The molecule has 1 aromatic heterocycles. The molecule has 4 heteroatoms. The maximum absolute atomic E-state index is 5.87. The largest absolute Gasteiger partial charge is 0.389 e. The van der Waals surface area contributed by atoms with Crippen molar-refractivity contribution in [1.29, 1.82) is 0 Å². The highest BCUT2D eigenvalue weighted by molar-refractivity contribution is 7.19. The van der Waals surface area contributed by atoms with Gasteiger partial charge in [-0.2, -0.15) is 0 Å². The van der Waals surface area contributed by atoms with Crippen LogP contribution in [0.5, 0.6) is 0 Å². The molecule has 0 bridgehead atoms. The van der Waals surface area contributed by atoms with Crippen molar-refractivity contribution in [3.05, 3.63) is 29.8 Å². The first-order valence-corrected chi connectivity index (χ1v) is 6.49. The Morgan fingerprint density at radius 3 is 2.29 bits per heavy atom. The molecule has 0 radical (unpaired) electrons. The maximum Gasteiger partial charge on any atom is 0.182 e. The molecule has 0 spiro atoms. The SMILES string of the molecule is CC(C)Cc1ccc(-c2nc(N)sc2N)cc1. The molecule has 1 heterocycles. The summed E-state index contributed by atoms with van der Waals surface area (Å²) in [5, 5.41) is 1.20. The van der Waals surface area contributed by atoms with Gasteiger partial charge >= 0.3 is 0 Å². The molecule has 0 saturated heterocycles. The van der Waals surface area contributed by atoms with Gasteiger partial charge in [-0.15, -0.1) is 0 Å². The van der Waals surface area contributed by atoms with Crippen molar-refractivity contribution in [1.82, 2.24) is 4.98 Å². The molecule has 0 unspecified atom stereocenters. The highest BCUT2D eigenvalue weighted by atomic mass is 32.1. The summed E-state index contributed by atoms with van der Waals surface area (Å²) in [5.74, 6) is 0.667.